The second-order valence-corrected chi connectivity index (χ2v) is 9.30. The zero-order valence-electron chi connectivity index (χ0n) is 21.0. The lowest BCUT2D eigenvalue weighted by molar-refractivity contribution is -0.385. The molecule has 0 saturated carbocycles. The van der Waals surface area contributed by atoms with Crippen molar-refractivity contribution in [2.45, 2.75) is 41.0 Å². The van der Waals surface area contributed by atoms with E-state index in [9.17, 15) is 14.9 Å². The zero-order chi connectivity index (χ0) is 25.3. The number of nitrogens with zero attached hydrogens (tertiary/aromatic N) is 5. The predicted molar refractivity (Wildman–Crippen MR) is 136 cm³/mol. The highest BCUT2D eigenvalue weighted by Crippen LogP contribution is 2.27. The fourth-order valence-corrected chi connectivity index (χ4v) is 4.61. The number of hydrogen-bond donors (Lipinski definition) is 0. The molecule has 1 aliphatic heterocycles. The Morgan fingerprint density at radius 2 is 1.63 bits per heavy atom. The maximum Gasteiger partial charge on any atom is 0.273 e. The summed E-state index contributed by atoms with van der Waals surface area (Å²) in [7, 11) is 0. The van der Waals surface area contributed by atoms with Gasteiger partial charge < -0.3 is 9.80 Å². The first-order valence-electron chi connectivity index (χ1n) is 11.8. The van der Waals surface area contributed by atoms with Crippen molar-refractivity contribution >= 4 is 17.4 Å². The molecule has 1 saturated heterocycles. The lowest BCUT2D eigenvalue weighted by atomic mass is 9.97. The molecule has 0 unspecified atom stereocenters. The monoisotopic (exact) mass is 473 g/mol. The number of amides is 1. The Balaban J connectivity index is 1.54. The Bertz CT molecular complexity index is 1300. The molecule has 3 aromatic rings. The van der Waals surface area contributed by atoms with Crippen molar-refractivity contribution in [2.24, 2.45) is 0 Å². The Kier molecular flexibility index (Phi) is 6.82. The molecule has 0 N–H and O–H groups in total. The van der Waals surface area contributed by atoms with E-state index >= 15 is 0 Å². The van der Waals surface area contributed by atoms with E-state index in [0.29, 0.717) is 37.3 Å². The van der Waals surface area contributed by atoms with Crippen molar-refractivity contribution in [2.75, 3.05) is 31.1 Å². The van der Waals surface area contributed by atoms with Crippen molar-refractivity contribution in [1.29, 1.82) is 0 Å². The number of nitro groups is 1. The van der Waals surface area contributed by atoms with Crippen molar-refractivity contribution in [3.63, 3.8) is 0 Å². The Labute approximate surface area is 205 Å². The summed E-state index contributed by atoms with van der Waals surface area (Å²) in [5.41, 5.74) is 6.67. The van der Waals surface area contributed by atoms with Crippen LogP contribution in [0.1, 0.15) is 49.7 Å². The number of hydrogen-bond acceptors (Lipinski definition) is 6. The first-order chi connectivity index (χ1) is 16.6. The maximum absolute atomic E-state index is 13.1. The highest BCUT2D eigenvalue weighted by molar-refractivity contribution is 5.95. The average molecular weight is 474 g/mol. The van der Waals surface area contributed by atoms with Gasteiger partial charge in [0.1, 0.15) is 11.6 Å². The van der Waals surface area contributed by atoms with E-state index in [0.717, 1.165) is 29.3 Å². The molecule has 8 nitrogen and oxygen atoms in total. The summed E-state index contributed by atoms with van der Waals surface area (Å²) in [4.78, 5) is 37.4. The van der Waals surface area contributed by atoms with E-state index in [1.54, 1.807) is 24.0 Å². The molecule has 0 radical (unpaired) electrons. The molecule has 1 amide bonds. The molecule has 35 heavy (non-hydrogen) atoms. The molecular weight excluding hydrogens is 442 g/mol. The van der Waals surface area contributed by atoms with Crippen LogP contribution < -0.4 is 4.90 Å². The zero-order valence-corrected chi connectivity index (χ0v) is 21.0. The Morgan fingerprint density at radius 1 is 0.943 bits per heavy atom. The topological polar surface area (TPSA) is 92.5 Å². The number of anilines is 1. The summed E-state index contributed by atoms with van der Waals surface area (Å²) in [6.45, 7) is 12.1. The van der Waals surface area contributed by atoms with E-state index in [4.69, 9.17) is 4.98 Å². The summed E-state index contributed by atoms with van der Waals surface area (Å²) in [6.07, 6.45) is 0.751. The summed E-state index contributed by atoms with van der Waals surface area (Å²) >= 11 is 0. The number of piperazine rings is 1. The van der Waals surface area contributed by atoms with Gasteiger partial charge in [-0.1, -0.05) is 29.8 Å². The van der Waals surface area contributed by atoms with Gasteiger partial charge in [0.2, 0.25) is 0 Å². The largest absolute Gasteiger partial charge is 0.353 e. The van der Waals surface area contributed by atoms with Gasteiger partial charge in [-0.15, -0.1) is 0 Å². The molecule has 0 bridgehead atoms. The molecule has 1 fully saturated rings. The van der Waals surface area contributed by atoms with Crippen molar-refractivity contribution in [3.8, 4) is 0 Å². The minimum absolute atomic E-state index is 0.0301. The highest BCUT2D eigenvalue weighted by atomic mass is 16.6. The van der Waals surface area contributed by atoms with Crippen LogP contribution in [0.15, 0.2) is 36.4 Å². The first-order valence-corrected chi connectivity index (χ1v) is 11.8. The minimum Gasteiger partial charge on any atom is -0.353 e. The van der Waals surface area contributed by atoms with Crippen LogP contribution in [0, 0.1) is 44.7 Å². The molecule has 2 heterocycles. The second-order valence-electron chi connectivity index (χ2n) is 9.30. The van der Waals surface area contributed by atoms with Crippen LogP contribution in [-0.4, -0.2) is 51.9 Å². The van der Waals surface area contributed by atoms with E-state index in [-0.39, 0.29) is 11.6 Å². The van der Waals surface area contributed by atoms with Gasteiger partial charge in [0, 0.05) is 61.1 Å². The standard InChI is InChI=1S/C27H31N5O3/c1-17-6-7-18(2)23(14-17)15-24-20(4)28-21(5)29-26(24)30-10-12-31(13-11-30)27(33)22-9-8-19(3)25(16-22)32(34)35/h6-9,14,16H,10-13,15H2,1-5H3. The Hall–Kier alpha value is -3.81. The first kappa shape index (κ1) is 24.3. The third-order valence-corrected chi connectivity index (χ3v) is 6.69. The van der Waals surface area contributed by atoms with E-state index in [2.05, 4.69) is 41.9 Å². The summed E-state index contributed by atoms with van der Waals surface area (Å²) in [5, 5.41) is 11.3. The predicted octanol–water partition coefficient (Wildman–Crippen LogP) is 4.48. The van der Waals surface area contributed by atoms with Crippen LogP contribution in [0.4, 0.5) is 11.5 Å². The quantitative estimate of drug-likeness (QED) is 0.401. The number of nitro benzene ring substituents is 1. The van der Waals surface area contributed by atoms with Gasteiger partial charge in [-0.05, 0) is 51.8 Å². The smallest absolute Gasteiger partial charge is 0.273 e. The van der Waals surface area contributed by atoms with Gasteiger partial charge >= 0.3 is 0 Å². The molecule has 0 aliphatic carbocycles. The molecular formula is C27H31N5O3. The van der Waals surface area contributed by atoms with Crippen LogP contribution in [0.2, 0.25) is 0 Å². The third kappa shape index (κ3) is 5.16. The van der Waals surface area contributed by atoms with Crippen LogP contribution >= 0.6 is 0 Å². The van der Waals surface area contributed by atoms with Gasteiger partial charge in [-0.25, -0.2) is 9.97 Å². The van der Waals surface area contributed by atoms with Crippen molar-refractivity contribution in [1.82, 2.24) is 14.9 Å². The SMILES string of the molecule is Cc1ccc(C)c(Cc2c(C)nc(C)nc2N2CCN(C(=O)c3ccc(C)c([N+](=O)[O-])c3)CC2)c1. The number of benzene rings is 2. The number of aryl methyl sites for hydroxylation is 5. The van der Waals surface area contributed by atoms with Gasteiger partial charge in [-0.2, -0.15) is 0 Å². The highest BCUT2D eigenvalue weighted by Gasteiger charge is 2.26. The number of rotatable bonds is 5. The van der Waals surface area contributed by atoms with Gasteiger partial charge in [-0.3, -0.25) is 14.9 Å². The number of carbonyl (C=O) groups excluding carboxylic acids is 1. The fraction of sp³-hybridized carbons (Fsp3) is 0.370. The molecule has 4 rings (SSSR count). The van der Waals surface area contributed by atoms with Gasteiger partial charge in [0.25, 0.3) is 11.6 Å². The maximum atomic E-state index is 13.1. The van der Waals surface area contributed by atoms with Crippen LogP contribution in [0.3, 0.4) is 0 Å². The van der Waals surface area contributed by atoms with Crippen LogP contribution in [0.5, 0.6) is 0 Å². The Morgan fingerprint density at radius 3 is 2.31 bits per heavy atom. The number of aromatic nitrogens is 2. The molecule has 2 aromatic carbocycles. The molecule has 0 spiro atoms. The van der Waals surface area contributed by atoms with E-state index in [1.807, 2.05) is 13.8 Å². The average Bonchev–Trinajstić information content (AvgIpc) is 2.82. The van der Waals surface area contributed by atoms with E-state index < -0.39 is 4.92 Å². The molecule has 182 valence electrons. The molecule has 8 heteroatoms. The minimum atomic E-state index is -0.443. The van der Waals surface area contributed by atoms with Crippen molar-refractivity contribution < 1.29 is 9.72 Å². The molecule has 0 atom stereocenters. The van der Waals surface area contributed by atoms with Gasteiger partial charge in [0.15, 0.2) is 0 Å². The molecule has 1 aliphatic rings. The van der Waals surface area contributed by atoms with Crippen LogP contribution in [-0.2, 0) is 6.42 Å². The summed E-state index contributed by atoms with van der Waals surface area (Å²) in [6, 6.07) is 11.2. The van der Waals surface area contributed by atoms with Gasteiger partial charge in [0.05, 0.1) is 4.92 Å². The molecule has 1 aromatic heterocycles. The lowest BCUT2D eigenvalue weighted by Gasteiger charge is -2.36. The second kappa shape index (κ2) is 9.82. The summed E-state index contributed by atoms with van der Waals surface area (Å²) < 4.78 is 0. The normalized spacial score (nSPS) is 13.7. The fourth-order valence-electron chi connectivity index (χ4n) is 4.61. The van der Waals surface area contributed by atoms with Crippen molar-refractivity contribution in [3.05, 3.63) is 91.4 Å². The van der Waals surface area contributed by atoms with Crippen LogP contribution in [0.25, 0.3) is 0 Å². The van der Waals surface area contributed by atoms with E-state index in [1.165, 1.54) is 22.8 Å². The lowest BCUT2D eigenvalue weighted by Crippen LogP contribution is -2.49. The summed E-state index contributed by atoms with van der Waals surface area (Å²) in [5.74, 6) is 1.47. The number of carbonyl (C=O) groups is 1. The third-order valence-electron chi connectivity index (χ3n) is 6.69.